The van der Waals surface area contributed by atoms with Crippen LogP contribution in [0.15, 0.2) is 65.7 Å². The van der Waals surface area contributed by atoms with Crippen molar-refractivity contribution in [2.24, 2.45) is 0 Å². The predicted octanol–water partition coefficient (Wildman–Crippen LogP) is 5.08. The smallest absolute Gasteiger partial charge is 0.113 e. The van der Waals surface area contributed by atoms with Crippen LogP contribution >= 0.6 is 39.1 Å². The highest BCUT2D eigenvalue weighted by molar-refractivity contribution is 9.10. The monoisotopic (exact) mass is 424 g/mol. The molecule has 0 aliphatic carbocycles. The molecule has 0 aliphatic heterocycles. The molecule has 1 aromatic heterocycles. The summed E-state index contributed by atoms with van der Waals surface area (Å²) in [6.45, 7) is 0.346. The number of hydrogen-bond acceptors (Lipinski definition) is 2. The molecule has 0 spiro atoms. The van der Waals surface area contributed by atoms with E-state index in [9.17, 15) is 5.11 Å². The Hall–Kier alpha value is -1.33. The van der Waals surface area contributed by atoms with Crippen molar-refractivity contribution in [1.82, 2.24) is 9.55 Å². The van der Waals surface area contributed by atoms with Gasteiger partial charge in [0.1, 0.15) is 5.60 Å². The first-order chi connectivity index (χ1) is 11.5. The van der Waals surface area contributed by atoms with E-state index >= 15 is 0 Å². The van der Waals surface area contributed by atoms with Gasteiger partial charge in [0.2, 0.25) is 0 Å². The first-order valence-corrected chi connectivity index (χ1v) is 8.90. The van der Waals surface area contributed by atoms with Crippen LogP contribution < -0.4 is 0 Å². The van der Waals surface area contributed by atoms with Crippen molar-refractivity contribution in [2.45, 2.75) is 18.6 Å². The number of benzene rings is 2. The molecule has 0 radical (unpaired) electrons. The minimum absolute atomic E-state index is 0.346. The van der Waals surface area contributed by atoms with Crippen LogP contribution in [0.1, 0.15) is 11.1 Å². The lowest BCUT2D eigenvalue weighted by Gasteiger charge is -2.30. The largest absolute Gasteiger partial charge is 0.383 e. The molecule has 0 saturated heterocycles. The SMILES string of the molecule is OC(Cc1ccccc1Cl)(Cn1ccnc1)c1ccc(Cl)cc1Br. The fraction of sp³-hybridized carbons (Fsp3) is 0.167. The molecule has 3 rings (SSSR count). The summed E-state index contributed by atoms with van der Waals surface area (Å²) in [6.07, 6.45) is 5.56. The highest BCUT2D eigenvalue weighted by atomic mass is 79.9. The minimum atomic E-state index is -1.17. The van der Waals surface area contributed by atoms with Gasteiger partial charge in [-0.1, -0.05) is 63.4 Å². The van der Waals surface area contributed by atoms with Gasteiger partial charge >= 0.3 is 0 Å². The van der Waals surface area contributed by atoms with E-state index in [0.29, 0.717) is 23.0 Å². The van der Waals surface area contributed by atoms with Crippen molar-refractivity contribution in [3.63, 3.8) is 0 Å². The molecule has 3 aromatic rings. The van der Waals surface area contributed by atoms with Crippen LogP contribution in [-0.2, 0) is 18.6 Å². The van der Waals surface area contributed by atoms with Crippen molar-refractivity contribution in [3.05, 3.63) is 86.8 Å². The lowest BCUT2D eigenvalue weighted by Crippen LogP contribution is -2.34. The van der Waals surface area contributed by atoms with Gasteiger partial charge in [0.25, 0.3) is 0 Å². The highest BCUT2D eigenvalue weighted by Crippen LogP contribution is 2.36. The summed E-state index contributed by atoms with van der Waals surface area (Å²) in [4.78, 5) is 4.05. The topological polar surface area (TPSA) is 38.0 Å². The summed E-state index contributed by atoms with van der Waals surface area (Å²) < 4.78 is 2.60. The van der Waals surface area contributed by atoms with Crippen molar-refractivity contribution in [2.75, 3.05) is 0 Å². The van der Waals surface area contributed by atoms with Gasteiger partial charge in [0, 0.05) is 33.3 Å². The van der Waals surface area contributed by atoms with Gasteiger partial charge in [-0.05, 0) is 29.3 Å². The standard InChI is InChI=1S/C18H15BrCl2N2O/c19-16-9-14(20)5-6-15(16)18(24,11-23-8-7-22-12-23)10-13-3-1-2-4-17(13)21/h1-9,12,24H,10-11H2. The summed E-state index contributed by atoms with van der Waals surface area (Å²) in [7, 11) is 0. The zero-order valence-corrected chi connectivity index (χ0v) is 15.8. The van der Waals surface area contributed by atoms with E-state index in [0.717, 1.165) is 15.6 Å². The maximum atomic E-state index is 11.5. The third kappa shape index (κ3) is 3.83. The Morgan fingerprint density at radius 3 is 2.62 bits per heavy atom. The van der Waals surface area contributed by atoms with Crippen LogP contribution in [0.2, 0.25) is 10.0 Å². The minimum Gasteiger partial charge on any atom is -0.383 e. The lowest BCUT2D eigenvalue weighted by molar-refractivity contribution is 0.0179. The van der Waals surface area contributed by atoms with E-state index in [1.54, 1.807) is 24.7 Å². The average molecular weight is 426 g/mol. The lowest BCUT2D eigenvalue weighted by atomic mass is 9.87. The Kier molecular flexibility index (Phi) is 5.30. The molecule has 1 unspecified atom stereocenters. The van der Waals surface area contributed by atoms with Crippen LogP contribution in [0.4, 0.5) is 0 Å². The summed E-state index contributed by atoms with van der Waals surface area (Å²) in [5.74, 6) is 0. The van der Waals surface area contributed by atoms with Gasteiger partial charge in [-0.25, -0.2) is 4.98 Å². The second-order valence-corrected chi connectivity index (χ2v) is 7.36. The quantitative estimate of drug-likeness (QED) is 0.618. The number of aromatic nitrogens is 2. The third-order valence-corrected chi connectivity index (χ3v) is 5.14. The molecule has 0 amide bonds. The summed E-state index contributed by atoms with van der Waals surface area (Å²) in [6, 6.07) is 12.9. The van der Waals surface area contributed by atoms with Gasteiger partial charge in [-0.3, -0.25) is 0 Å². The zero-order valence-electron chi connectivity index (χ0n) is 12.7. The second kappa shape index (κ2) is 7.28. The number of halogens is 3. The van der Waals surface area contributed by atoms with Crippen molar-refractivity contribution < 1.29 is 5.11 Å². The molecule has 124 valence electrons. The van der Waals surface area contributed by atoms with E-state index < -0.39 is 5.60 Å². The van der Waals surface area contributed by atoms with Crippen LogP contribution in [0.3, 0.4) is 0 Å². The third-order valence-electron chi connectivity index (χ3n) is 3.88. The maximum Gasteiger partial charge on any atom is 0.113 e. The highest BCUT2D eigenvalue weighted by Gasteiger charge is 2.33. The fourth-order valence-electron chi connectivity index (χ4n) is 2.74. The molecule has 0 saturated carbocycles. The Balaban J connectivity index is 2.04. The molecule has 1 atom stereocenters. The molecule has 2 aromatic carbocycles. The van der Waals surface area contributed by atoms with Gasteiger partial charge in [-0.2, -0.15) is 0 Å². The molecule has 1 heterocycles. The average Bonchev–Trinajstić information content (AvgIpc) is 3.02. The van der Waals surface area contributed by atoms with Crippen molar-refractivity contribution in [1.29, 1.82) is 0 Å². The zero-order chi connectivity index (χ0) is 17.2. The van der Waals surface area contributed by atoms with E-state index in [2.05, 4.69) is 20.9 Å². The van der Waals surface area contributed by atoms with Gasteiger partial charge < -0.3 is 9.67 Å². The number of hydrogen-bond donors (Lipinski definition) is 1. The normalized spacial score (nSPS) is 13.7. The number of imidazole rings is 1. The Labute approximate surface area is 159 Å². The molecule has 3 nitrogen and oxygen atoms in total. The molecule has 6 heteroatoms. The summed E-state index contributed by atoms with van der Waals surface area (Å²) in [5, 5.41) is 12.8. The van der Waals surface area contributed by atoms with Crippen LogP contribution in [0.25, 0.3) is 0 Å². The molecule has 0 aliphatic rings. The van der Waals surface area contributed by atoms with E-state index in [-0.39, 0.29) is 0 Å². The molecule has 1 N–H and O–H groups in total. The number of nitrogens with zero attached hydrogens (tertiary/aromatic N) is 2. The molecule has 0 fully saturated rings. The van der Waals surface area contributed by atoms with Gasteiger partial charge in [-0.15, -0.1) is 0 Å². The Morgan fingerprint density at radius 1 is 1.17 bits per heavy atom. The van der Waals surface area contributed by atoms with Crippen LogP contribution in [0, 0.1) is 0 Å². The summed E-state index contributed by atoms with van der Waals surface area (Å²) in [5.41, 5.74) is 0.457. The maximum absolute atomic E-state index is 11.5. The predicted molar refractivity (Wildman–Crippen MR) is 100 cm³/mol. The first kappa shape index (κ1) is 17.5. The van der Waals surface area contributed by atoms with Crippen molar-refractivity contribution in [3.8, 4) is 0 Å². The van der Waals surface area contributed by atoms with E-state index in [1.165, 1.54) is 0 Å². The molecule has 24 heavy (non-hydrogen) atoms. The van der Waals surface area contributed by atoms with Gasteiger partial charge in [0.05, 0.1) is 12.9 Å². The number of aliphatic hydroxyl groups is 1. The van der Waals surface area contributed by atoms with Gasteiger partial charge in [0.15, 0.2) is 0 Å². The Morgan fingerprint density at radius 2 is 1.96 bits per heavy atom. The van der Waals surface area contributed by atoms with Crippen LogP contribution in [0.5, 0.6) is 0 Å². The number of rotatable bonds is 5. The van der Waals surface area contributed by atoms with Crippen molar-refractivity contribution >= 4 is 39.1 Å². The fourth-order valence-corrected chi connectivity index (χ4v) is 4.00. The molecule has 0 bridgehead atoms. The van der Waals surface area contributed by atoms with E-state index in [4.69, 9.17) is 23.2 Å². The molecular weight excluding hydrogens is 411 g/mol. The van der Waals surface area contributed by atoms with E-state index in [1.807, 2.05) is 41.1 Å². The second-order valence-electron chi connectivity index (χ2n) is 5.66. The van der Waals surface area contributed by atoms with Crippen LogP contribution in [-0.4, -0.2) is 14.7 Å². The Bertz CT molecular complexity index is 839. The summed E-state index contributed by atoms with van der Waals surface area (Å²) >= 11 is 15.9. The first-order valence-electron chi connectivity index (χ1n) is 7.35. The molecular formula is C18H15BrCl2N2O.